The zero-order valence-electron chi connectivity index (χ0n) is 15.7. The molecule has 0 unspecified atom stereocenters. The van der Waals surface area contributed by atoms with E-state index in [4.69, 9.17) is 10.2 Å². The number of hydrogen-bond acceptors (Lipinski definition) is 5. The van der Waals surface area contributed by atoms with Gasteiger partial charge in [0.1, 0.15) is 12.0 Å². The summed E-state index contributed by atoms with van der Waals surface area (Å²) in [5, 5.41) is 19.2. The van der Waals surface area contributed by atoms with Gasteiger partial charge in [-0.2, -0.15) is 0 Å². The lowest BCUT2D eigenvalue weighted by Gasteiger charge is -2.19. The van der Waals surface area contributed by atoms with E-state index in [0.29, 0.717) is 13.1 Å². The predicted octanol–water partition coefficient (Wildman–Crippen LogP) is 2.56. The summed E-state index contributed by atoms with van der Waals surface area (Å²) in [7, 11) is 0. The van der Waals surface area contributed by atoms with Gasteiger partial charge in [0.25, 0.3) is 0 Å². The van der Waals surface area contributed by atoms with Gasteiger partial charge in [-0.1, -0.05) is 36.8 Å². The van der Waals surface area contributed by atoms with Crippen LogP contribution in [0.3, 0.4) is 0 Å². The van der Waals surface area contributed by atoms with Crippen LogP contribution in [0.4, 0.5) is 0 Å². The molecule has 2 heterocycles. The van der Waals surface area contributed by atoms with Crippen LogP contribution in [0.5, 0.6) is 0 Å². The molecule has 0 aliphatic carbocycles. The van der Waals surface area contributed by atoms with Crippen molar-refractivity contribution in [2.75, 3.05) is 32.8 Å². The van der Waals surface area contributed by atoms with Crippen molar-refractivity contribution in [2.45, 2.75) is 25.8 Å². The highest BCUT2D eigenvalue weighted by atomic mass is 16.3. The monoisotopic (exact) mass is 368 g/mol. The topological polar surface area (TPSA) is 74.4 Å². The number of benzene rings is 1. The van der Waals surface area contributed by atoms with Crippen LogP contribution in [0.15, 0.2) is 48.9 Å². The second-order valence-corrected chi connectivity index (χ2v) is 6.68. The number of aliphatic hydroxyl groups is 2. The number of fused-ring (bicyclic) bond motifs is 1. The van der Waals surface area contributed by atoms with Crippen molar-refractivity contribution in [1.29, 1.82) is 0 Å². The summed E-state index contributed by atoms with van der Waals surface area (Å²) in [6.07, 6.45) is 6.96. The number of nitrogens with zero attached hydrogens (tertiary/aromatic N) is 4. The molecule has 6 heteroatoms. The van der Waals surface area contributed by atoms with Gasteiger partial charge in [-0.15, -0.1) is 0 Å². The number of unbranched alkanes of at least 4 members (excludes halogenated alkanes) is 2. The summed E-state index contributed by atoms with van der Waals surface area (Å²) in [6, 6.07) is 12.3. The lowest BCUT2D eigenvalue weighted by molar-refractivity contribution is 0.159. The Labute approximate surface area is 160 Å². The molecule has 2 aromatic heterocycles. The maximum Gasteiger partial charge on any atom is 0.143 e. The van der Waals surface area contributed by atoms with E-state index < -0.39 is 0 Å². The van der Waals surface area contributed by atoms with Gasteiger partial charge in [-0.05, 0) is 25.5 Å². The predicted molar refractivity (Wildman–Crippen MR) is 107 cm³/mol. The van der Waals surface area contributed by atoms with E-state index in [9.17, 15) is 0 Å². The normalized spacial score (nSPS) is 11.5. The summed E-state index contributed by atoms with van der Waals surface area (Å²) in [5.74, 6) is 0. The highest BCUT2D eigenvalue weighted by Crippen LogP contribution is 2.25. The van der Waals surface area contributed by atoms with Crippen molar-refractivity contribution < 1.29 is 10.2 Å². The van der Waals surface area contributed by atoms with Crippen molar-refractivity contribution in [1.82, 2.24) is 19.4 Å². The highest BCUT2D eigenvalue weighted by Gasteiger charge is 2.10. The zero-order valence-corrected chi connectivity index (χ0v) is 15.7. The standard InChI is InChI=1S/C21H28N4O2/c26-15-13-24(14-16-27)10-5-2-6-11-25-12-9-19-20(22-17-23-21(19)25)18-7-3-1-4-8-18/h1,3-4,7-9,12,17,26-27H,2,5-6,10-11,13-16H2. The summed E-state index contributed by atoms with van der Waals surface area (Å²) in [6.45, 7) is 3.37. The number of aliphatic hydroxyl groups excluding tert-OH is 2. The molecule has 0 atom stereocenters. The molecule has 0 spiro atoms. The third-order valence-corrected chi connectivity index (χ3v) is 4.81. The number of aryl methyl sites for hydroxylation is 1. The first-order valence-corrected chi connectivity index (χ1v) is 9.63. The van der Waals surface area contributed by atoms with Crippen LogP contribution >= 0.6 is 0 Å². The van der Waals surface area contributed by atoms with Crippen molar-refractivity contribution >= 4 is 11.0 Å². The van der Waals surface area contributed by atoms with Gasteiger partial charge >= 0.3 is 0 Å². The molecule has 144 valence electrons. The Bertz CT molecular complexity index is 813. The van der Waals surface area contributed by atoms with E-state index in [1.165, 1.54) is 0 Å². The first-order chi connectivity index (χ1) is 13.3. The van der Waals surface area contributed by atoms with E-state index in [2.05, 4.69) is 43.8 Å². The fraction of sp³-hybridized carbons (Fsp3) is 0.429. The van der Waals surface area contributed by atoms with Gasteiger partial charge in [0.2, 0.25) is 0 Å². The Hall–Kier alpha value is -2.28. The van der Waals surface area contributed by atoms with Crippen LogP contribution in [0.1, 0.15) is 19.3 Å². The van der Waals surface area contributed by atoms with Crippen LogP contribution in [-0.2, 0) is 6.54 Å². The quantitative estimate of drug-likeness (QED) is 0.509. The molecule has 2 N–H and O–H groups in total. The fourth-order valence-corrected chi connectivity index (χ4v) is 3.42. The van der Waals surface area contributed by atoms with Gasteiger partial charge in [-0.25, -0.2) is 9.97 Å². The molecule has 3 rings (SSSR count). The Morgan fingerprint density at radius 2 is 1.63 bits per heavy atom. The van der Waals surface area contributed by atoms with Gasteiger partial charge in [-0.3, -0.25) is 4.90 Å². The zero-order chi connectivity index (χ0) is 18.9. The van der Waals surface area contributed by atoms with Crippen LogP contribution in [0.25, 0.3) is 22.3 Å². The van der Waals surface area contributed by atoms with E-state index in [-0.39, 0.29) is 13.2 Å². The minimum absolute atomic E-state index is 0.138. The molecule has 0 fully saturated rings. The number of aromatic nitrogens is 3. The molecule has 1 aromatic carbocycles. The SMILES string of the molecule is OCCN(CCO)CCCCCn1ccc2c(-c3ccccc3)ncnc21. The summed E-state index contributed by atoms with van der Waals surface area (Å²) in [4.78, 5) is 11.1. The fourth-order valence-electron chi connectivity index (χ4n) is 3.42. The Morgan fingerprint density at radius 1 is 0.852 bits per heavy atom. The van der Waals surface area contributed by atoms with Gasteiger partial charge in [0.05, 0.1) is 18.9 Å². The van der Waals surface area contributed by atoms with Crippen LogP contribution in [0, 0.1) is 0 Å². The summed E-state index contributed by atoms with van der Waals surface area (Å²) >= 11 is 0. The summed E-state index contributed by atoms with van der Waals surface area (Å²) < 4.78 is 2.20. The molecule has 0 saturated heterocycles. The summed E-state index contributed by atoms with van der Waals surface area (Å²) in [5.41, 5.74) is 3.06. The minimum atomic E-state index is 0.138. The van der Waals surface area contributed by atoms with Gasteiger partial charge in [0, 0.05) is 36.8 Å². The Morgan fingerprint density at radius 3 is 2.37 bits per heavy atom. The Kier molecular flexibility index (Phi) is 7.33. The van der Waals surface area contributed by atoms with Crippen LogP contribution in [-0.4, -0.2) is 62.5 Å². The van der Waals surface area contributed by atoms with Crippen molar-refractivity contribution in [2.24, 2.45) is 0 Å². The van der Waals surface area contributed by atoms with Gasteiger partial charge < -0.3 is 14.8 Å². The van der Waals surface area contributed by atoms with Crippen molar-refractivity contribution in [3.05, 3.63) is 48.9 Å². The van der Waals surface area contributed by atoms with E-state index in [1.807, 2.05) is 18.2 Å². The second kappa shape index (κ2) is 10.2. The minimum Gasteiger partial charge on any atom is -0.395 e. The maximum absolute atomic E-state index is 9.06. The molecule has 27 heavy (non-hydrogen) atoms. The first kappa shape index (κ1) is 19.5. The van der Waals surface area contributed by atoms with E-state index >= 15 is 0 Å². The van der Waals surface area contributed by atoms with Crippen molar-refractivity contribution in [3.63, 3.8) is 0 Å². The lowest BCUT2D eigenvalue weighted by atomic mass is 10.1. The van der Waals surface area contributed by atoms with E-state index in [0.717, 1.165) is 54.6 Å². The molecular formula is C21H28N4O2. The average molecular weight is 368 g/mol. The van der Waals surface area contributed by atoms with E-state index in [1.54, 1.807) is 6.33 Å². The number of rotatable bonds is 11. The van der Waals surface area contributed by atoms with Crippen LogP contribution in [0.2, 0.25) is 0 Å². The highest BCUT2D eigenvalue weighted by molar-refractivity contribution is 5.90. The molecular weight excluding hydrogens is 340 g/mol. The third kappa shape index (κ3) is 5.13. The third-order valence-electron chi connectivity index (χ3n) is 4.81. The number of hydrogen-bond donors (Lipinski definition) is 2. The maximum atomic E-state index is 9.06. The Balaban J connectivity index is 1.57. The smallest absolute Gasteiger partial charge is 0.143 e. The molecule has 0 radical (unpaired) electrons. The molecule has 3 aromatic rings. The largest absolute Gasteiger partial charge is 0.395 e. The van der Waals surface area contributed by atoms with Gasteiger partial charge in [0.15, 0.2) is 0 Å². The first-order valence-electron chi connectivity index (χ1n) is 9.63. The second-order valence-electron chi connectivity index (χ2n) is 6.68. The lowest BCUT2D eigenvalue weighted by Crippen LogP contribution is -2.30. The van der Waals surface area contributed by atoms with Crippen molar-refractivity contribution in [3.8, 4) is 11.3 Å². The molecule has 0 bridgehead atoms. The molecule has 0 aliphatic rings. The average Bonchev–Trinajstić information content (AvgIpc) is 3.12. The molecule has 0 amide bonds. The molecule has 0 saturated carbocycles. The van der Waals surface area contributed by atoms with Crippen LogP contribution < -0.4 is 0 Å². The molecule has 0 aliphatic heterocycles. The molecule has 6 nitrogen and oxygen atoms in total.